The number of fused-ring (bicyclic) bond motifs is 1. The van der Waals surface area contributed by atoms with E-state index in [-0.39, 0.29) is 0 Å². The molecular weight excluding hydrogens is 155 g/mol. The van der Waals surface area contributed by atoms with E-state index in [1.165, 1.54) is 10.7 Å². The Kier molecular flexibility index (Phi) is 1.43. The molecule has 1 heterocycles. The Morgan fingerprint density at radius 1 is 1.45 bits per heavy atom. The van der Waals surface area contributed by atoms with E-state index in [2.05, 4.69) is 20.4 Å². The molecule has 0 bridgehead atoms. The normalized spacial score (nSPS) is 10.7. The summed E-state index contributed by atoms with van der Waals surface area (Å²) in [5.41, 5.74) is 1.05. The summed E-state index contributed by atoms with van der Waals surface area (Å²) in [4.78, 5) is 0. The van der Waals surface area contributed by atoms with Crippen LogP contribution in [0.3, 0.4) is 0 Å². The second-order valence-electron chi connectivity index (χ2n) is 2.62. The Bertz CT molecular complexity index is 392. The maximum absolute atomic E-state index is 4.26. The van der Waals surface area contributed by atoms with Crippen LogP contribution in [0.1, 0.15) is 0 Å². The maximum atomic E-state index is 4.26. The van der Waals surface area contributed by atoms with Gasteiger partial charge in [0.15, 0.2) is 0 Å². The van der Waals surface area contributed by atoms with Gasteiger partial charge < -0.3 is 0 Å². The molecule has 2 aromatic rings. The van der Waals surface area contributed by atoms with Gasteiger partial charge in [-0.25, -0.2) is 0 Å². The third-order valence-corrected chi connectivity index (χ3v) is 2.00. The summed E-state index contributed by atoms with van der Waals surface area (Å²) in [5.74, 6) is 0. The molecule has 0 amide bonds. The number of aryl methyl sites for hydroxylation is 1. The van der Waals surface area contributed by atoms with E-state index in [0.29, 0.717) is 0 Å². The van der Waals surface area contributed by atoms with Crippen LogP contribution in [0.25, 0.3) is 10.9 Å². The number of rotatable bonds is 0. The minimum Gasteiger partial charge on any atom is -0.275 e. The van der Waals surface area contributed by atoms with E-state index in [9.17, 15) is 0 Å². The molecule has 2 rings (SSSR count). The Labute approximate surface area is 67.4 Å². The highest BCUT2D eigenvalue weighted by Gasteiger charge is 1.96. The molecule has 0 fully saturated rings. The average Bonchev–Trinajstić information content (AvgIpc) is 2.27. The van der Waals surface area contributed by atoms with Crippen molar-refractivity contribution in [2.75, 3.05) is 0 Å². The van der Waals surface area contributed by atoms with Crippen LogP contribution in [0.2, 0.25) is 0 Å². The lowest BCUT2D eigenvalue weighted by atomic mass is 10.3. The zero-order valence-corrected chi connectivity index (χ0v) is 7.44. The molecule has 0 radical (unpaired) electrons. The second kappa shape index (κ2) is 2.31. The fourth-order valence-electron chi connectivity index (χ4n) is 1.17. The zero-order chi connectivity index (χ0) is 7.84. The van der Waals surface area contributed by atoms with Crippen molar-refractivity contribution in [1.29, 1.82) is 0 Å². The predicted octanol–water partition coefficient (Wildman–Crippen LogP) is 1.07. The van der Waals surface area contributed by atoms with Crippen molar-refractivity contribution >= 4 is 25.4 Å². The molecule has 0 aliphatic rings. The maximum Gasteiger partial charge on any atom is 0.0923 e. The number of hydrogen-bond acceptors (Lipinski definition) is 1. The van der Waals surface area contributed by atoms with Crippen molar-refractivity contribution in [2.24, 2.45) is 7.05 Å². The zero-order valence-electron chi connectivity index (χ0n) is 6.28. The number of benzene rings is 1. The van der Waals surface area contributed by atoms with E-state index in [0.717, 1.165) is 5.52 Å². The molecule has 0 N–H and O–H groups in total. The molecule has 1 aromatic carbocycles. The number of aromatic nitrogens is 2. The highest BCUT2D eigenvalue weighted by atomic mass is 31.0. The van der Waals surface area contributed by atoms with Crippen LogP contribution in [0.4, 0.5) is 0 Å². The van der Waals surface area contributed by atoms with E-state index < -0.39 is 0 Å². The first-order valence-corrected chi connectivity index (χ1v) is 4.02. The van der Waals surface area contributed by atoms with Gasteiger partial charge in [-0.3, -0.25) is 4.68 Å². The molecule has 1 aromatic heterocycles. The van der Waals surface area contributed by atoms with E-state index in [1.54, 1.807) is 0 Å². The fraction of sp³-hybridized carbons (Fsp3) is 0.125. The van der Waals surface area contributed by atoms with E-state index >= 15 is 0 Å². The monoisotopic (exact) mass is 164 g/mol. The van der Waals surface area contributed by atoms with Crippen LogP contribution >= 0.6 is 9.24 Å². The summed E-state index contributed by atoms with van der Waals surface area (Å²) in [7, 11) is 4.61. The van der Waals surface area contributed by atoms with Crippen LogP contribution in [-0.2, 0) is 7.05 Å². The summed E-state index contributed by atoms with van der Waals surface area (Å²) in [6, 6.07) is 6.17. The molecule has 11 heavy (non-hydrogen) atoms. The molecule has 1 unspecified atom stereocenters. The van der Waals surface area contributed by atoms with Gasteiger partial charge in [-0.05, 0) is 17.4 Å². The summed E-state index contributed by atoms with van der Waals surface area (Å²) in [6.45, 7) is 0. The summed E-state index contributed by atoms with van der Waals surface area (Å²) in [5, 5.41) is 6.66. The molecule has 3 heteroatoms. The molecule has 56 valence electrons. The SMILES string of the molecule is Cn1cc2cc(P)ccc2n1. The minimum atomic E-state index is 1.05. The van der Waals surface area contributed by atoms with Gasteiger partial charge in [0.2, 0.25) is 0 Å². The largest absolute Gasteiger partial charge is 0.275 e. The van der Waals surface area contributed by atoms with Crippen molar-refractivity contribution < 1.29 is 0 Å². The van der Waals surface area contributed by atoms with Gasteiger partial charge in [-0.2, -0.15) is 5.10 Å². The highest BCUT2D eigenvalue weighted by molar-refractivity contribution is 7.27. The molecule has 0 saturated heterocycles. The molecule has 0 aliphatic heterocycles. The van der Waals surface area contributed by atoms with Gasteiger partial charge in [0.05, 0.1) is 5.52 Å². The third-order valence-electron chi connectivity index (χ3n) is 1.64. The van der Waals surface area contributed by atoms with Gasteiger partial charge in [0.1, 0.15) is 0 Å². The van der Waals surface area contributed by atoms with Crippen LogP contribution in [0, 0.1) is 0 Å². The molecular formula is C8H9N2P. The molecule has 0 aliphatic carbocycles. The van der Waals surface area contributed by atoms with Crippen LogP contribution in [0.5, 0.6) is 0 Å². The topological polar surface area (TPSA) is 17.8 Å². The van der Waals surface area contributed by atoms with Crippen molar-refractivity contribution in [3.8, 4) is 0 Å². The molecule has 0 spiro atoms. The van der Waals surface area contributed by atoms with Gasteiger partial charge in [-0.15, -0.1) is 9.24 Å². The number of nitrogens with zero attached hydrogens (tertiary/aromatic N) is 2. The van der Waals surface area contributed by atoms with Crippen LogP contribution in [-0.4, -0.2) is 9.78 Å². The predicted molar refractivity (Wildman–Crippen MR) is 50.1 cm³/mol. The molecule has 0 saturated carbocycles. The van der Waals surface area contributed by atoms with Crippen molar-refractivity contribution in [3.63, 3.8) is 0 Å². The van der Waals surface area contributed by atoms with Gasteiger partial charge in [0, 0.05) is 18.6 Å². The quantitative estimate of drug-likeness (QED) is 0.532. The lowest BCUT2D eigenvalue weighted by Gasteiger charge is -1.88. The lowest BCUT2D eigenvalue weighted by molar-refractivity contribution is 0.780. The first-order valence-electron chi connectivity index (χ1n) is 3.44. The first kappa shape index (κ1) is 6.81. The summed E-state index contributed by atoms with van der Waals surface area (Å²) in [6.07, 6.45) is 2.02. The molecule has 2 nitrogen and oxygen atoms in total. The Balaban J connectivity index is 2.82. The summed E-state index contributed by atoms with van der Waals surface area (Å²) < 4.78 is 1.83. The smallest absolute Gasteiger partial charge is 0.0923 e. The first-order chi connectivity index (χ1) is 5.25. The van der Waals surface area contributed by atoms with Crippen LogP contribution in [0.15, 0.2) is 24.4 Å². The standard InChI is InChI=1S/C8H9N2P/c1-10-5-6-4-7(11)2-3-8(6)9-10/h2-5H,11H2,1H3. The molecule has 1 atom stereocenters. The number of hydrogen-bond donors (Lipinski definition) is 0. The third kappa shape index (κ3) is 1.14. The van der Waals surface area contributed by atoms with Crippen LogP contribution < -0.4 is 5.30 Å². The van der Waals surface area contributed by atoms with Crippen molar-refractivity contribution in [2.45, 2.75) is 0 Å². The second-order valence-corrected chi connectivity index (χ2v) is 3.29. The summed E-state index contributed by atoms with van der Waals surface area (Å²) >= 11 is 0. The Morgan fingerprint density at radius 2 is 2.27 bits per heavy atom. The van der Waals surface area contributed by atoms with E-state index in [4.69, 9.17) is 0 Å². The minimum absolute atomic E-state index is 1.05. The Hall–Kier alpha value is -0.880. The Morgan fingerprint density at radius 3 is 3.09 bits per heavy atom. The van der Waals surface area contributed by atoms with E-state index in [1.807, 2.05) is 30.1 Å². The van der Waals surface area contributed by atoms with Gasteiger partial charge in [-0.1, -0.05) is 6.07 Å². The van der Waals surface area contributed by atoms with Crippen molar-refractivity contribution in [1.82, 2.24) is 9.78 Å². The highest BCUT2D eigenvalue weighted by Crippen LogP contribution is 2.09. The van der Waals surface area contributed by atoms with Gasteiger partial charge in [0.25, 0.3) is 0 Å². The van der Waals surface area contributed by atoms with Gasteiger partial charge >= 0.3 is 0 Å². The average molecular weight is 164 g/mol. The van der Waals surface area contributed by atoms with Crippen molar-refractivity contribution in [3.05, 3.63) is 24.4 Å². The fourth-order valence-corrected chi connectivity index (χ4v) is 1.44. The lowest BCUT2D eigenvalue weighted by Crippen LogP contribution is -1.86.